The van der Waals surface area contributed by atoms with Crippen LogP contribution in [0.4, 0.5) is 13.2 Å². The summed E-state index contributed by atoms with van der Waals surface area (Å²) in [6, 6.07) is 0. The van der Waals surface area contributed by atoms with Crippen LogP contribution in [0, 0.1) is 0 Å². The maximum Gasteiger partial charge on any atom is 0.490 e. The van der Waals surface area contributed by atoms with Crippen molar-refractivity contribution < 1.29 is 49.0 Å². The minimum absolute atomic E-state index is 0.201. The van der Waals surface area contributed by atoms with Crippen molar-refractivity contribution in [1.29, 1.82) is 0 Å². The van der Waals surface area contributed by atoms with E-state index in [0.717, 1.165) is 0 Å². The van der Waals surface area contributed by atoms with E-state index in [-0.39, 0.29) is 11.5 Å². The summed E-state index contributed by atoms with van der Waals surface area (Å²) in [6.45, 7) is 2.74. The van der Waals surface area contributed by atoms with E-state index in [4.69, 9.17) is 19.0 Å². The lowest BCUT2D eigenvalue weighted by atomic mass is 10.7. The molecular formula is C6H13F3O8S2. The van der Waals surface area contributed by atoms with E-state index in [1.54, 1.807) is 0 Å². The molecule has 13 heteroatoms. The van der Waals surface area contributed by atoms with E-state index < -0.39 is 32.4 Å². The lowest BCUT2D eigenvalue weighted by Gasteiger charge is -1.93. The van der Waals surface area contributed by atoms with Gasteiger partial charge in [0.05, 0.1) is 11.5 Å². The number of rotatable bonds is 2. The van der Waals surface area contributed by atoms with Crippen molar-refractivity contribution in [2.45, 2.75) is 20.0 Å². The number of alkyl halides is 3. The van der Waals surface area contributed by atoms with Gasteiger partial charge >= 0.3 is 12.1 Å². The van der Waals surface area contributed by atoms with Crippen molar-refractivity contribution in [2.75, 3.05) is 11.5 Å². The molecule has 3 N–H and O–H groups in total. The molecule has 19 heavy (non-hydrogen) atoms. The van der Waals surface area contributed by atoms with Crippen LogP contribution >= 0.6 is 0 Å². The van der Waals surface area contributed by atoms with Crippen molar-refractivity contribution in [3.05, 3.63) is 0 Å². The number of aliphatic carboxylic acids is 1. The fourth-order valence-electron chi connectivity index (χ4n) is 0. The summed E-state index contributed by atoms with van der Waals surface area (Å²) < 4.78 is 85.6. The van der Waals surface area contributed by atoms with Crippen LogP contribution in [-0.4, -0.2) is 54.7 Å². The summed E-state index contributed by atoms with van der Waals surface area (Å²) in [5, 5.41) is 7.12. The maximum absolute atomic E-state index is 10.6. The largest absolute Gasteiger partial charge is 0.490 e. The van der Waals surface area contributed by atoms with Crippen molar-refractivity contribution in [3.63, 3.8) is 0 Å². The Morgan fingerprint density at radius 2 is 1.05 bits per heavy atom. The summed E-state index contributed by atoms with van der Waals surface area (Å²) in [7, 11) is -7.32. The second-order valence-electron chi connectivity index (χ2n) is 2.54. The van der Waals surface area contributed by atoms with E-state index in [1.807, 2.05) is 0 Å². The van der Waals surface area contributed by atoms with Gasteiger partial charge in [-0.15, -0.1) is 0 Å². The van der Waals surface area contributed by atoms with E-state index in [2.05, 4.69) is 0 Å². The van der Waals surface area contributed by atoms with Crippen LogP contribution in [0.5, 0.6) is 0 Å². The van der Waals surface area contributed by atoms with Crippen LogP contribution in [0.25, 0.3) is 0 Å². The van der Waals surface area contributed by atoms with Gasteiger partial charge in [0.15, 0.2) is 0 Å². The predicted octanol–water partition coefficient (Wildman–Crippen LogP) is 0.422. The maximum atomic E-state index is 10.6. The molecule has 0 fully saturated rings. The molecule has 0 atom stereocenters. The van der Waals surface area contributed by atoms with Gasteiger partial charge in [-0.05, 0) is 13.8 Å². The highest BCUT2D eigenvalue weighted by Gasteiger charge is 2.38. The van der Waals surface area contributed by atoms with E-state index in [1.165, 1.54) is 13.8 Å². The van der Waals surface area contributed by atoms with Crippen LogP contribution in [0.3, 0.4) is 0 Å². The van der Waals surface area contributed by atoms with E-state index >= 15 is 0 Å². The SMILES string of the molecule is CCS(=O)(=O)O.CCS(=O)(=O)O.O=C(O)C(F)(F)F. The van der Waals surface area contributed by atoms with E-state index in [0.29, 0.717) is 0 Å². The highest BCUT2D eigenvalue weighted by molar-refractivity contribution is 7.85. The van der Waals surface area contributed by atoms with Gasteiger partial charge in [0.1, 0.15) is 0 Å². The summed E-state index contributed by atoms with van der Waals surface area (Å²) >= 11 is 0. The lowest BCUT2D eigenvalue weighted by molar-refractivity contribution is -0.192. The smallest absolute Gasteiger partial charge is 0.475 e. The van der Waals surface area contributed by atoms with Crippen molar-refractivity contribution in [2.24, 2.45) is 0 Å². The second kappa shape index (κ2) is 9.06. The van der Waals surface area contributed by atoms with Gasteiger partial charge < -0.3 is 5.11 Å². The zero-order valence-electron chi connectivity index (χ0n) is 9.75. The fraction of sp³-hybridized carbons (Fsp3) is 0.833. The zero-order valence-corrected chi connectivity index (χ0v) is 11.4. The first kappa shape index (κ1) is 23.2. The van der Waals surface area contributed by atoms with E-state index in [9.17, 15) is 30.0 Å². The van der Waals surface area contributed by atoms with Crippen LogP contribution in [0.2, 0.25) is 0 Å². The summed E-state index contributed by atoms with van der Waals surface area (Å²) in [5.74, 6) is -3.16. The summed E-state index contributed by atoms with van der Waals surface area (Å²) in [5.41, 5.74) is 0. The molecule has 0 saturated heterocycles. The minimum Gasteiger partial charge on any atom is -0.475 e. The third-order valence-corrected chi connectivity index (χ3v) is 2.43. The third kappa shape index (κ3) is 31.6. The molecule has 0 aromatic rings. The zero-order chi connectivity index (χ0) is 16.5. The highest BCUT2D eigenvalue weighted by Crippen LogP contribution is 2.13. The fourth-order valence-corrected chi connectivity index (χ4v) is 0. The molecule has 8 nitrogen and oxygen atoms in total. The summed E-state index contributed by atoms with van der Waals surface area (Å²) in [4.78, 5) is 8.90. The van der Waals surface area contributed by atoms with Gasteiger partial charge in [0, 0.05) is 0 Å². The molecule has 0 aliphatic rings. The lowest BCUT2D eigenvalue weighted by Crippen LogP contribution is -2.21. The van der Waals surface area contributed by atoms with Crippen LogP contribution in [0.15, 0.2) is 0 Å². The molecular weight excluding hydrogens is 321 g/mol. The van der Waals surface area contributed by atoms with Gasteiger partial charge in [-0.1, -0.05) is 0 Å². The van der Waals surface area contributed by atoms with Crippen molar-refractivity contribution >= 4 is 26.2 Å². The first-order chi connectivity index (χ1) is 8.06. The standard InChI is InChI=1S/C2HF3O2.2C2H6O3S/c3-2(4,5)1(6)7;2*1-2-6(3,4)5/h(H,6,7);2*2H2,1H3,(H,3,4,5). The molecule has 0 spiro atoms. The molecule has 0 bridgehead atoms. The van der Waals surface area contributed by atoms with Gasteiger partial charge in [-0.3, -0.25) is 9.11 Å². The molecule has 0 unspecified atom stereocenters. The summed E-state index contributed by atoms with van der Waals surface area (Å²) in [6.07, 6.45) is -5.08. The Hall–Kier alpha value is -0.920. The average molecular weight is 334 g/mol. The Kier molecular flexibility index (Phi) is 11.1. The first-order valence-electron chi connectivity index (χ1n) is 4.27. The van der Waals surface area contributed by atoms with Gasteiger partial charge in [0.2, 0.25) is 0 Å². The van der Waals surface area contributed by atoms with Gasteiger partial charge in [-0.25, -0.2) is 4.79 Å². The Morgan fingerprint density at radius 1 is 0.947 bits per heavy atom. The van der Waals surface area contributed by atoms with Crippen molar-refractivity contribution in [1.82, 2.24) is 0 Å². The number of carbonyl (C=O) groups is 1. The monoisotopic (exact) mass is 334 g/mol. The molecule has 0 saturated carbocycles. The second-order valence-corrected chi connectivity index (χ2v) is 6.03. The highest BCUT2D eigenvalue weighted by atomic mass is 32.2. The number of carboxylic acids is 1. The Morgan fingerprint density at radius 3 is 1.05 bits per heavy atom. The molecule has 0 aliphatic carbocycles. The van der Waals surface area contributed by atoms with Crippen molar-refractivity contribution in [3.8, 4) is 0 Å². The normalized spacial score (nSPS) is 11.5. The Labute approximate surface area is 107 Å². The molecule has 0 rings (SSSR count). The quantitative estimate of drug-likeness (QED) is 0.616. The molecule has 0 aromatic heterocycles. The van der Waals surface area contributed by atoms with Crippen LogP contribution in [0.1, 0.15) is 13.8 Å². The molecule has 118 valence electrons. The molecule has 0 radical (unpaired) electrons. The molecule has 0 heterocycles. The first-order valence-corrected chi connectivity index (χ1v) is 7.49. The van der Waals surface area contributed by atoms with Crippen LogP contribution in [-0.2, 0) is 25.0 Å². The Bertz CT molecular complexity index is 417. The predicted molar refractivity (Wildman–Crippen MR) is 57.9 cm³/mol. The number of carboxylic acid groups (broad SMARTS) is 1. The third-order valence-electron chi connectivity index (χ3n) is 0.972. The number of hydrogen-bond acceptors (Lipinski definition) is 5. The number of hydrogen-bond donors (Lipinski definition) is 3. The Balaban J connectivity index is -0.000000203. The van der Waals surface area contributed by atoms with Gasteiger partial charge in [-0.2, -0.15) is 30.0 Å². The number of halogens is 3. The van der Waals surface area contributed by atoms with Crippen LogP contribution < -0.4 is 0 Å². The van der Waals surface area contributed by atoms with Gasteiger partial charge in [0.25, 0.3) is 20.2 Å². The topological polar surface area (TPSA) is 146 Å². The molecule has 0 aliphatic heterocycles. The molecule has 0 aromatic carbocycles. The minimum atomic E-state index is -5.08. The average Bonchev–Trinajstić information content (AvgIpc) is 2.16. The molecule has 0 amide bonds.